The lowest BCUT2D eigenvalue weighted by Gasteiger charge is -2.14. The first-order valence-corrected chi connectivity index (χ1v) is 6.08. The predicted molar refractivity (Wildman–Crippen MR) is 57.3 cm³/mol. The van der Waals surface area contributed by atoms with Crippen LogP contribution in [0.25, 0.3) is 0 Å². The Morgan fingerprint density at radius 3 is 2.60 bits per heavy atom. The van der Waals surface area contributed by atoms with Crippen molar-refractivity contribution < 1.29 is 17.7 Å². The smallest absolute Gasteiger partial charge is 0.267 e. The maximum Gasteiger partial charge on any atom is 0.267 e. The fourth-order valence-corrected chi connectivity index (χ4v) is 2.07. The molecule has 1 aromatic rings. The number of rotatable bonds is 4. The minimum Gasteiger partial charge on any atom is -0.376 e. The molecule has 0 bridgehead atoms. The van der Waals surface area contributed by atoms with Gasteiger partial charge in [-0.3, -0.25) is 4.55 Å². The molecule has 1 N–H and O–H groups in total. The molecule has 15 heavy (non-hydrogen) atoms. The SMILES string of the molecule is COC(CS(=O)(=O)O)c1cccc(C)c1. The maximum atomic E-state index is 10.7. The third-order valence-corrected chi connectivity index (χ3v) is 2.78. The molecule has 0 fully saturated rings. The summed E-state index contributed by atoms with van der Waals surface area (Å²) in [6.45, 7) is 1.91. The summed E-state index contributed by atoms with van der Waals surface area (Å²) in [5.74, 6) is -0.424. The number of methoxy groups -OCH3 is 1. The minimum absolute atomic E-state index is 0.424. The highest BCUT2D eigenvalue weighted by Gasteiger charge is 2.18. The molecule has 0 aliphatic carbocycles. The van der Waals surface area contributed by atoms with Crippen LogP contribution in [0.1, 0.15) is 17.2 Å². The molecule has 1 aromatic carbocycles. The fraction of sp³-hybridized carbons (Fsp3) is 0.400. The summed E-state index contributed by atoms with van der Waals surface area (Å²) in [5, 5.41) is 0. The van der Waals surface area contributed by atoms with Gasteiger partial charge < -0.3 is 4.74 Å². The Labute approximate surface area is 89.6 Å². The molecule has 1 atom stereocenters. The fourth-order valence-electron chi connectivity index (χ4n) is 1.36. The Hall–Kier alpha value is -0.910. The van der Waals surface area contributed by atoms with Gasteiger partial charge in [0.25, 0.3) is 10.1 Å². The molecule has 0 radical (unpaired) electrons. The summed E-state index contributed by atoms with van der Waals surface area (Å²) < 4.78 is 35.2. The highest BCUT2D eigenvalue weighted by atomic mass is 32.2. The molecule has 4 nitrogen and oxygen atoms in total. The van der Waals surface area contributed by atoms with E-state index in [9.17, 15) is 8.42 Å². The van der Waals surface area contributed by atoms with Gasteiger partial charge in [0.15, 0.2) is 0 Å². The van der Waals surface area contributed by atoms with Gasteiger partial charge in [0.2, 0.25) is 0 Å². The van der Waals surface area contributed by atoms with E-state index in [1.54, 1.807) is 6.07 Å². The Bertz CT molecular complexity index is 425. The molecule has 1 rings (SSSR count). The maximum absolute atomic E-state index is 10.7. The van der Waals surface area contributed by atoms with Crippen LogP contribution < -0.4 is 0 Å². The van der Waals surface area contributed by atoms with Crippen molar-refractivity contribution >= 4 is 10.1 Å². The van der Waals surface area contributed by atoms with Crippen LogP contribution in [0, 0.1) is 6.92 Å². The zero-order valence-electron chi connectivity index (χ0n) is 8.67. The highest BCUT2D eigenvalue weighted by molar-refractivity contribution is 7.85. The lowest BCUT2D eigenvalue weighted by molar-refractivity contribution is 0.120. The van der Waals surface area contributed by atoms with Crippen LogP contribution in [-0.2, 0) is 14.9 Å². The van der Waals surface area contributed by atoms with Gasteiger partial charge in [-0.2, -0.15) is 8.42 Å². The third kappa shape index (κ3) is 3.99. The Kier molecular flexibility index (Phi) is 3.84. The van der Waals surface area contributed by atoms with Crippen LogP contribution >= 0.6 is 0 Å². The van der Waals surface area contributed by atoms with Crippen molar-refractivity contribution in [1.29, 1.82) is 0 Å². The summed E-state index contributed by atoms with van der Waals surface area (Å²) >= 11 is 0. The molecule has 1 unspecified atom stereocenters. The summed E-state index contributed by atoms with van der Waals surface area (Å²) in [4.78, 5) is 0. The lowest BCUT2D eigenvalue weighted by Crippen LogP contribution is -2.15. The average Bonchev–Trinajstić information content (AvgIpc) is 2.13. The summed E-state index contributed by atoms with van der Waals surface area (Å²) in [6.07, 6.45) is -0.625. The van der Waals surface area contributed by atoms with E-state index in [0.29, 0.717) is 0 Å². The molecule has 84 valence electrons. The van der Waals surface area contributed by atoms with Gasteiger partial charge in [-0.05, 0) is 12.5 Å². The first-order valence-electron chi connectivity index (χ1n) is 4.47. The second-order valence-corrected chi connectivity index (χ2v) is 4.88. The molecule has 0 aliphatic rings. The van der Waals surface area contributed by atoms with Crippen molar-refractivity contribution in [2.75, 3.05) is 12.9 Å². The van der Waals surface area contributed by atoms with Crippen LogP contribution in [0.15, 0.2) is 24.3 Å². The normalized spacial score (nSPS) is 13.8. The molecule has 0 amide bonds. The Morgan fingerprint density at radius 1 is 1.47 bits per heavy atom. The molecule has 0 aromatic heterocycles. The quantitative estimate of drug-likeness (QED) is 0.797. The zero-order valence-corrected chi connectivity index (χ0v) is 9.49. The van der Waals surface area contributed by atoms with Gasteiger partial charge >= 0.3 is 0 Å². The molecular weight excluding hydrogens is 216 g/mol. The first-order chi connectivity index (χ1) is 6.92. The van der Waals surface area contributed by atoms with E-state index >= 15 is 0 Å². The van der Waals surface area contributed by atoms with Gasteiger partial charge in [0, 0.05) is 7.11 Å². The molecule has 0 spiro atoms. The average molecular weight is 230 g/mol. The Balaban J connectivity index is 2.93. The molecule has 5 heteroatoms. The van der Waals surface area contributed by atoms with Crippen molar-refractivity contribution in [2.24, 2.45) is 0 Å². The van der Waals surface area contributed by atoms with E-state index in [0.717, 1.165) is 11.1 Å². The lowest BCUT2D eigenvalue weighted by atomic mass is 10.1. The van der Waals surface area contributed by atoms with Crippen molar-refractivity contribution in [1.82, 2.24) is 0 Å². The third-order valence-electron chi connectivity index (χ3n) is 2.06. The van der Waals surface area contributed by atoms with Crippen LogP contribution in [0.4, 0.5) is 0 Å². The van der Waals surface area contributed by atoms with Crippen LogP contribution in [0.3, 0.4) is 0 Å². The number of benzene rings is 1. The topological polar surface area (TPSA) is 63.6 Å². The van der Waals surface area contributed by atoms with Crippen LogP contribution in [0.5, 0.6) is 0 Å². The van der Waals surface area contributed by atoms with Crippen LogP contribution in [0.2, 0.25) is 0 Å². The van der Waals surface area contributed by atoms with Gasteiger partial charge in [0.1, 0.15) is 5.75 Å². The monoisotopic (exact) mass is 230 g/mol. The predicted octanol–water partition coefficient (Wildman–Crippen LogP) is 1.57. The molecule has 0 saturated heterocycles. The minimum atomic E-state index is -4.02. The van der Waals surface area contributed by atoms with E-state index in [2.05, 4.69) is 0 Å². The largest absolute Gasteiger partial charge is 0.376 e. The molecule has 0 heterocycles. The van der Waals surface area contributed by atoms with Crippen molar-refractivity contribution in [2.45, 2.75) is 13.0 Å². The van der Waals surface area contributed by atoms with Crippen molar-refractivity contribution in [3.8, 4) is 0 Å². The number of ether oxygens (including phenoxy) is 1. The molecule has 0 saturated carbocycles. The van der Waals surface area contributed by atoms with E-state index in [4.69, 9.17) is 9.29 Å². The van der Waals surface area contributed by atoms with Gasteiger partial charge in [-0.1, -0.05) is 29.8 Å². The standard InChI is InChI=1S/C10H14O4S/c1-8-4-3-5-9(6-8)10(14-2)7-15(11,12)13/h3-6,10H,7H2,1-2H3,(H,11,12,13). The van der Waals surface area contributed by atoms with E-state index < -0.39 is 22.0 Å². The zero-order chi connectivity index (χ0) is 11.5. The van der Waals surface area contributed by atoms with Crippen molar-refractivity contribution in [3.05, 3.63) is 35.4 Å². The van der Waals surface area contributed by atoms with Crippen molar-refractivity contribution in [3.63, 3.8) is 0 Å². The molecular formula is C10H14O4S. The Morgan fingerprint density at radius 2 is 2.13 bits per heavy atom. The van der Waals surface area contributed by atoms with Crippen LogP contribution in [-0.4, -0.2) is 25.8 Å². The first kappa shape index (κ1) is 12.2. The number of hydrogen-bond acceptors (Lipinski definition) is 3. The van der Waals surface area contributed by atoms with E-state index in [-0.39, 0.29) is 0 Å². The van der Waals surface area contributed by atoms with Gasteiger partial charge in [-0.15, -0.1) is 0 Å². The van der Waals surface area contributed by atoms with Gasteiger partial charge in [-0.25, -0.2) is 0 Å². The molecule has 0 aliphatic heterocycles. The van der Waals surface area contributed by atoms with Gasteiger partial charge in [0.05, 0.1) is 6.10 Å². The summed E-state index contributed by atoms with van der Waals surface area (Å²) in [7, 11) is -2.61. The second kappa shape index (κ2) is 4.74. The van der Waals surface area contributed by atoms with E-state index in [1.165, 1.54) is 7.11 Å². The number of aryl methyl sites for hydroxylation is 1. The summed E-state index contributed by atoms with van der Waals surface area (Å²) in [6, 6.07) is 7.33. The summed E-state index contributed by atoms with van der Waals surface area (Å²) in [5.41, 5.74) is 1.76. The highest BCUT2D eigenvalue weighted by Crippen LogP contribution is 2.19. The second-order valence-electron chi connectivity index (χ2n) is 3.39. The number of hydrogen-bond donors (Lipinski definition) is 1. The van der Waals surface area contributed by atoms with E-state index in [1.807, 2.05) is 25.1 Å².